The number of carbonyl (C=O) groups excluding carboxylic acids is 1. The third-order valence-electron chi connectivity index (χ3n) is 1.79. The number of esters is 1. The van der Waals surface area contributed by atoms with Crippen LogP contribution >= 0.6 is 0 Å². The maximum atomic E-state index is 11.0. The van der Waals surface area contributed by atoms with Crippen molar-refractivity contribution in [2.24, 2.45) is 0 Å². The molecule has 1 aromatic carbocycles. The fourth-order valence-electron chi connectivity index (χ4n) is 1.06. The van der Waals surface area contributed by atoms with Gasteiger partial charge in [0.1, 0.15) is 11.6 Å². The molecule has 1 aromatic rings. The summed E-state index contributed by atoms with van der Waals surface area (Å²) in [5.41, 5.74) is 0.380. The Balaban J connectivity index is 3.21. The second kappa shape index (κ2) is 4.82. The Labute approximate surface area is 87.0 Å². The van der Waals surface area contributed by atoms with Crippen molar-refractivity contribution >= 4 is 11.5 Å². The van der Waals surface area contributed by atoms with E-state index in [1.54, 1.807) is 36.4 Å². The van der Waals surface area contributed by atoms with E-state index >= 15 is 0 Å². The van der Waals surface area contributed by atoms with Gasteiger partial charge in [-0.15, -0.1) is 0 Å². The molecule has 4 heteroatoms. The van der Waals surface area contributed by atoms with Crippen LogP contribution in [0.1, 0.15) is 5.56 Å². The number of ether oxygens (including phenoxy) is 1. The monoisotopic (exact) mass is 203 g/mol. The van der Waals surface area contributed by atoms with Crippen molar-refractivity contribution in [2.75, 3.05) is 7.11 Å². The Hall–Kier alpha value is -2.28. The summed E-state index contributed by atoms with van der Waals surface area (Å²) < 4.78 is 4.32. The Morgan fingerprint density at radius 1 is 1.40 bits per heavy atom. The summed E-state index contributed by atoms with van der Waals surface area (Å²) in [5.74, 6) is -1.60. The van der Waals surface area contributed by atoms with Gasteiger partial charge in [-0.25, -0.2) is 4.79 Å². The van der Waals surface area contributed by atoms with Crippen molar-refractivity contribution in [3.8, 4) is 6.07 Å². The lowest BCUT2D eigenvalue weighted by Crippen LogP contribution is -2.06. The average Bonchev–Trinajstić information content (AvgIpc) is 2.30. The van der Waals surface area contributed by atoms with Crippen molar-refractivity contribution in [1.29, 1.82) is 5.26 Å². The van der Waals surface area contributed by atoms with E-state index in [9.17, 15) is 9.90 Å². The van der Waals surface area contributed by atoms with Crippen LogP contribution in [-0.2, 0) is 9.53 Å². The number of methoxy groups -OCH3 is 1. The highest BCUT2D eigenvalue weighted by molar-refractivity contribution is 5.98. The smallest absolute Gasteiger partial charge is 0.374 e. The molecule has 1 rings (SSSR count). The molecule has 0 aromatic heterocycles. The minimum Gasteiger partial charge on any atom is -0.501 e. The van der Waals surface area contributed by atoms with Crippen molar-refractivity contribution in [3.05, 3.63) is 41.7 Å². The van der Waals surface area contributed by atoms with Crippen molar-refractivity contribution in [2.45, 2.75) is 0 Å². The van der Waals surface area contributed by atoms with Gasteiger partial charge in [0, 0.05) is 0 Å². The number of nitrogens with zero attached hydrogens (tertiary/aromatic N) is 1. The van der Waals surface area contributed by atoms with Crippen LogP contribution in [0.4, 0.5) is 0 Å². The molecule has 0 aliphatic heterocycles. The summed E-state index contributed by atoms with van der Waals surface area (Å²) in [6.45, 7) is 0. The molecule has 0 bridgehead atoms. The first-order chi connectivity index (χ1) is 7.20. The maximum absolute atomic E-state index is 11.0. The number of carbonyl (C=O) groups is 1. The van der Waals surface area contributed by atoms with Gasteiger partial charge in [0.15, 0.2) is 0 Å². The van der Waals surface area contributed by atoms with Crippen molar-refractivity contribution < 1.29 is 14.6 Å². The number of nitriles is 1. The fraction of sp³-hybridized carbons (Fsp3) is 0.0909. The zero-order valence-corrected chi connectivity index (χ0v) is 8.10. The number of hydrogen-bond donors (Lipinski definition) is 1. The van der Waals surface area contributed by atoms with E-state index in [1.807, 2.05) is 0 Å². The predicted molar refractivity (Wildman–Crippen MR) is 53.6 cm³/mol. The SMILES string of the molecule is COC(=O)C(O)=C(C#N)c1ccccc1. The molecule has 0 fully saturated rings. The number of rotatable bonds is 2. The largest absolute Gasteiger partial charge is 0.501 e. The van der Waals surface area contributed by atoms with Crippen molar-refractivity contribution in [3.63, 3.8) is 0 Å². The molecule has 0 saturated heterocycles. The topological polar surface area (TPSA) is 70.3 Å². The predicted octanol–water partition coefficient (Wildman–Crippen LogP) is 1.65. The van der Waals surface area contributed by atoms with Crippen LogP contribution in [0.2, 0.25) is 0 Å². The Morgan fingerprint density at radius 2 is 2.00 bits per heavy atom. The summed E-state index contributed by atoms with van der Waals surface area (Å²) in [7, 11) is 1.14. The van der Waals surface area contributed by atoms with E-state index in [0.717, 1.165) is 7.11 Å². The van der Waals surface area contributed by atoms with Gasteiger partial charge in [0.25, 0.3) is 0 Å². The molecule has 0 aliphatic carbocycles. The lowest BCUT2D eigenvalue weighted by molar-refractivity contribution is -0.138. The number of allylic oxidation sites excluding steroid dienone is 1. The zero-order valence-electron chi connectivity index (χ0n) is 8.10. The molecule has 0 amide bonds. The molecular formula is C11H9NO3. The minimum absolute atomic E-state index is 0.0950. The van der Waals surface area contributed by atoms with Gasteiger partial charge in [-0.2, -0.15) is 5.26 Å². The molecule has 0 spiro atoms. The zero-order chi connectivity index (χ0) is 11.3. The van der Waals surface area contributed by atoms with E-state index in [2.05, 4.69) is 4.74 Å². The van der Waals surface area contributed by atoms with Crippen LogP contribution in [-0.4, -0.2) is 18.2 Å². The first kappa shape index (κ1) is 10.8. The third-order valence-corrected chi connectivity index (χ3v) is 1.79. The summed E-state index contributed by atoms with van der Waals surface area (Å²) in [6, 6.07) is 10.2. The fourth-order valence-corrected chi connectivity index (χ4v) is 1.06. The molecule has 0 saturated carbocycles. The summed E-state index contributed by atoms with van der Waals surface area (Å²) in [5, 5.41) is 18.2. The van der Waals surface area contributed by atoms with E-state index in [0.29, 0.717) is 5.56 Å². The number of hydrogen-bond acceptors (Lipinski definition) is 4. The highest BCUT2D eigenvalue weighted by Gasteiger charge is 2.15. The van der Waals surface area contributed by atoms with Crippen LogP contribution in [0.25, 0.3) is 5.57 Å². The van der Waals surface area contributed by atoms with E-state index in [1.165, 1.54) is 0 Å². The van der Waals surface area contributed by atoms with E-state index in [-0.39, 0.29) is 5.57 Å². The Kier molecular flexibility index (Phi) is 3.47. The van der Waals surface area contributed by atoms with Gasteiger partial charge in [-0.05, 0) is 5.56 Å². The highest BCUT2D eigenvalue weighted by atomic mass is 16.5. The Bertz CT molecular complexity index is 429. The molecule has 0 aliphatic rings. The van der Waals surface area contributed by atoms with Gasteiger partial charge >= 0.3 is 5.97 Å². The van der Waals surface area contributed by atoms with Crippen LogP contribution in [0.3, 0.4) is 0 Å². The van der Waals surface area contributed by atoms with Gasteiger partial charge in [-0.3, -0.25) is 0 Å². The van der Waals surface area contributed by atoms with Crippen LogP contribution in [0.5, 0.6) is 0 Å². The second-order valence-corrected chi connectivity index (χ2v) is 2.69. The van der Waals surface area contributed by atoms with E-state index in [4.69, 9.17) is 5.26 Å². The molecule has 0 heterocycles. The molecule has 0 radical (unpaired) electrons. The molecule has 0 unspecified atom stereocenters. The number of aliphatic hydroxyl groups is 1. The van der Waals surface area contributed by atoms with Gasteiger partial charge in [-0.1, -0.05) is 30.3 Å². The molecular weight excluding hydrogens is 194 g/mol. The lowest BCUT2D eigenvalue weighted by Gasteiger charge is -2.01. The Morgan fingerprint density at radius 3 is 2.47 bits per heavy atom. The molecule has 76 valence electrons. The molecule has 0 atom stereocenters. The summed E-state index contributed by atoms with van der Waals surface area (Å²) >= 11 is 0. The lowest BCUT2D eigenvalue weighted by atomic mass is 10.1. The number of aliphatic hydroxyl groups excluding tert-OH is 1. The quantitative estimate of drug-likeness (QED) is 0.343. The van der Waals surface area contributed by atoms with Crippen LogP contribution in [0, 0.1) is 11.3 Å². The maximum Gasteiger partial charge on any atom is 0.374 e. The highest BCUT2D eigenvalue weighted by Crippen LogP contribution is 2.16. The summed E-state index contributed by atoms with van der Waals surface area (Å²) in [4.78, 5) is 11.0. The second-order valence-electron chi connectivity index (χ2n) is 2.69. The van der Waals surface area contributed by atoms with Gasteiger partial charge < -0.3 is 9.84 Å². The van der Waals surface area contributed by atoms with Gasteiger partial charge in [0.2, 0.25) is 5.76 Å². The standard InChI is InChI=1S/C11H9NO3/c1-15-11(14)10(13)9(7-12)8-5-3-2-4-6-8/h2-6,13H,1H3. The van der Waals surface area contributed by atoms with Crippen molar-refractivity contribution in [1.82, 2.24) is 0 Å². The number of benzene rings is 1. The molecule has 1 N–H and O–H groups in total. The normalized spacial score (nSPS) is 11.2. The van der Waals surface area contributed by atoms with E-state index < -0.39 is 11.7 Å². The van der Waals surface area contributed by atoms with Crippen LogP contribution < -0.4 is 0 Å². The summed E-state index contributed by atoms with van der Waals surface area (Å²) in [6.07, 6.45) is 0. The first-order valence-corrected chi connectivity index (χ1v) is 4.17. The third kappa shape index (κ3) is 2.35. The average molecular weight is 203 g/mol. The van der Waals surface area contributed by atoms with Crippen LogP contribution in [0.15, 0.2) is 36.1 Å². The minimum atomic E-state index is -0.921. The first-order valence-electron chi connectivity index (χ1n) is 4.17. The molecule has 15 heavy (non-hydrogen) atoms. The molecule has 4 nitrogen and oxygen atoms in total. The van der Waals surface area contributed by atoms with Gasteiger partial charge in [0.05, 0.1) is 7.11 Å².